The van der Waals surface area contributed by atoms with Gasteiger partial charge in [-0.25, -0.2) is 4.98 Å². The molecule has 3 rings (SSSR count). The Hall–Kier alpha value is -0.770. The molecule has 2 aromatic heterocycles. The first-order valence-electron chi connectivity index (χ1n) is 5.38. The van der Waals surface area contributed by atoms with Gasteiger partial charge in [0.25, 0.3) is 0 Å². The van der Waals surface area contributed by atoms with Crippen LogP contribution in [0.4, 0.5) is 5.69 Å². The van der Waals surface area contributed by atoms with Crippen molar-refractivity contribution in [1.29, 1.82) is 0 Å². The number of hydrogen-bond donors (Lipinski definition) is 1. The van der Waals surface area contributed by atoms with Gasteiger partial charge in [-0.1, -0.05) is 23.2 Å². The Morgan fingerprint density at radius 2 is 2.24 bits per heavy atom. The van der Waals surface area contributed by atoms with Gasteiger partial charge in [-0.15, -0.1) is 11.3 Å². The number of nitrogens with one attached hydrogen (secondary N) is 1. The number of thiophene rings is 1. The lowest BCUT2D eigenvalue weighted by Gasteiger charge is -2.13. The third kappa shape index (κ3) is 2.28. The Balaban J connectivity index is 1.81. The van der Waals surface area contributed by atoms with Crippen LogP contribution in [0.3, 0.4) is 0 Å². The Morgan fingerprint density at radius 1 is 1.35 bits per heavy atom. The molecule has 1 N–H and O–H groups in total. The highest BCUT2D eigenvalue weighted by atomic mass is 35.5. The first-order chi connectivity index (χ1) is 8.22. The Kier molecular flexibility index (Phi) is 2.99. The number of aromatic nitrogens is 1. The highest BCUT2D eigenvalue weighted by molar-refractivity contribution is 7.16. The number of nitrogens with zero attached hydrogens (tertiary/aromatic N) is 1. The van der Waals surface area contributed by atoms with E-state index in [0.717, 1.165) is 22.9 Å². The number of hydrogen-bond acceptors (Lipinski definition) is 3. The van der Waals surface area contributed by atoms with Crippen LogP contribution in [0.1, 0.15) is 22.9 Å². The summed E-state index contributed by atoms with van der Waals surface area (Å²) in [6.45, 7) is 0. The van der Waals surface area contributed by atoms with Gasteiger partial charge in [0.15, 0.2) is 0 Å². The molecule has 17 heavy (non-hydrogen) atoms. The molecule has 0 amide bonds. The van der Waals surface area contributed by atoms with Gasteiger partial charge in [-0.05, 0) is 36.6 Å². The van der Waals surface area contributed by atoms with E-state index in [1.54, 1.807) is 23.6 Å². The quantitative estimate of drug-likeness (QED) is 0.819. The summed E-state index contributed by atoms with van der Waals surface area (Å²) in [6.07, 6.45) is 3.97. The van der Waals surface area contributed by atoms with Crippen LogP contribution < -0.4 is 5.32 Å². The minimum Gasteiger partial charge on any atom is -0.377 e. The van der Waals surface area contributed by atoms with Crippen molar-refractivity contribution >= 4 is 40.2 Å². The van der Waals surface area contributed by atoms with Crippen molar-refractivity contribution in [1.82, 2.24) is 4.98 Å². The number of aryl methyl sites for hydroxylation is 1. The van der Waals surface area contributed by atoms with Gasteiger partial charge in [-0.3, -0.25) is 0 Å². The molecule has 0 saturated carbocycles. The summed E-state index contributed by atoms with van der Waals surface area (Å²) in [4.78, 5) is 5.46. The van der Waals surface area contributed by atoms with Crippen LogP contribution in [-0.2, 0) is 6.42 Å². The summed E-state index contributed by atoms with van der Waals surface area (Å²) in [5.41, 5.74) is 2.32. The molecular weight excluding hydrogens is 275 g/mol. The van der Waals surface area contributed by atoms with Gasteiger partial charge in [-0.2, -0.15) is 0 Å². The minimum absolute atomic E-state index is 0.344. The van der Waals surface area contributed by atoms with E-state index in [9.17, 15) is 0 Å². The van der Waals surface area contributed by atoms with E-state index in [1.165, 1.54) is 10.4 Å². The molecule has 1 aliphatic rings. The van der Waals surface area contributed by atoms with Crippen molar-refractivity contribution in [2.45, 2.75) is 18.9 Å². The Morgan fingerprint density at radius 3 is 3.00 bits per heavy atom. The van der Waals surface area contributed by atoms with E-state index in [2.05, 4.69) is 16.4 Å². The second-order valence-corrected chi connectivity index (χ2v) is 6.19. The van der Waals surface area contributed by atoms with E-state index < -0.39 is 0 Å². The molecule has 1 atom stereocenters. The summed E-state index contributed by atoms with van der Waals surface area (Å²) in [5.74, 6) is 0. The zero-order chi connectivity index (χ0) is 11.8. The van der Waals surface area contributed by atoms with E-state index >= 15 is 0 Å². The van der Waals surface area contributed by atoms with Gasteiger partial charge in [0.2, 0.25) is 0 Å². The van der Waals surface area contributed by atoms with Gasteiger partial charge < -0.3 is 5.32 Å². The highest BCUT2D eigenvalue weighted by Gasteiger charge is 2.24. The predicted octanol–water partition coefficient (Wildman–Crippen LogP) is 4.55. The van der Waals surface area contributed by atoms with E-state index in [0.29, 0.717) is 11.2 Å². The third-order valence-corrected chi connectivity index (χ3v) is 4.48. The van der Waals surface area contributed by atoms with Gasteiger partial charge in [0.05, 0.1) is 22.3 Å². The summed E-state index contributed by atoms with van der Waals surface area (Å²) in [5, 5.41) is 3.98. The number of fused-ring (bicyclic) bond motifs is 1. The first kappa shape index (κ1) is 11.3. The third-order valence-electron chi connectivity index (χ3n) is 2.92. The Bertz CT molecular complexity index is 536. The summed E-state index contributed by atoms with van der Waals surface area (Å²) in [7, 11) is 0. The first-order valence-corrected chi connectivity index (χ1v) is 6.96. The summed E-state index contributed by atoms with van der Waals surface area (Å²) < 4.78 is 0.871. The number of pyridine rings is 1. The second kappa shape index (κ2) is 4.48. The largest absolute Gasteiger partial charge is 0.377 e. The van der Waals surface area contributed by atoms with Crippen LogP contribution in [0.15, 0.2) is 24.4 Å². The molecule has 2 heterocycles. The molecule has 0 bridgehead atoms. The van der Waals surface area contributed by atoms with Crippen LogP contribution in [-0.4, -0.2) is 4.98 Å². The lowest BCUT2D eigenvalue weighted by Crippen LogP contribution is -2.06. The molecule has 1 aliphatic carbocycles. The SMILES string of the molecule is Clc1ccc(NC2CCc3sc(Cl)cc32)cn1. The highest BCUT2D eigenvalue weighted by Crippen LogP contribution is 2.40. The fraction of sp³-hybridized carbons (Fsp3) is 0.250. The predicted molar refractivity (Wildman–Crippen MR) is 73.3 cm³/mol. The zero-order valence-electron chi connectivity index (χ0n) is 8.91. The molecule has 88 valence electrons. The van der Waals surface area contributed by atoms with Crippen molar-refractivity contribution in [3.05, 3.63) is 44.3 Å². The summed E-state index contributed by atoms with van der Waals surface area (Å²) >= 11 is 13.5. The minimum atomic E-state index is 0.344. The molecule has 0 saturated heterocycles. The molecule has 0 spiro atoms. The lowest BCUT2D eigenvalue weighted by atomic mass is 10.2. The van der Waals surface area contributed by atoms with E-state index in [-0.39, 0.29) is 0 Å². The van der Waals surface area contributed by atoms with Crippen LogP contribution in [0, 0.1) is 0 Å². The molecule has 2 aromatic rings. The average Bonchev–Trinajstić information content (AvgIpc) is 2.83. The topological polar surface area (TPSA) is 24.9 Å². The van der Waals surface area contributed by atoms with Gasteiger partial charge in [0, 0.05) is 4.88 Å². The number of anilines is 1. The maximum Gasteiger partial charge on any atom is 0.129 e. The van der Waals surface area contributed by atoms with Crippen molar-refractivity contribution in [2.24, 2.45) is 0 Å². The van der Waals surface area contributed by atoms with E-state index in [4.69, 9.17) is 23.2 Å². The normalized spacial score (nSPS) is 18.1. The fourth-order valence-electron chi connectivity index (χ4n) is 2.14. The molecule has 2 nitrogen and oxygen atoms in total. The van der Waals surface area contributed by atoms with Crippen molar-refractivity contribution in [2.75, 3.05) is 5.32 Å². The molecule has 0 aromatic carbocycles. The summed E-state index contributed by atoms with van der Waals surface area (Å²) in [6, 6.07) is 6.15. The molecular formula is C12H10Cl2N2S. The standard InChI is InChI=1S/C12H10Cl2N2S/c13-11-4-1-7(6-15-11)16-9-2-3-10-8(9)5-12(14)17-10/h1,4-6,9,16H,2-3H2. The Labute approximate surface area is 114 Å². The molecule has 0 fully saturated rings. The maximum absolute atomic E-state index is 6.03. The lowest BCUT2D eigenvalue weighted by molar-refractivity contribution is 0.761. The van der Waals surface area contributed by atoms with Crippen molar-refractivity contribution in [3.8, 4) is 0 Å². The van der Waals surface area contributed by atoms with Crippen LogP contribution in [0.2, 0.25) is 9.49 Å². The van der Waals surface area contributed by atoms with Crippen molar-refractivity contribution in [3.63, 3.8) is 0 Å². The average molecular weight is 285 g/mol. The maximum atomic E-state index is 6.03. The molecule has 1 unspecified atom stereocenters. The monoisotopic (exact) mass is 284 g/mol. The van der Waals surface area contributed by atoms with Gasteiger partial charge in [0.1, 0.15) is 5.15 Å². The molecule has 5 heteroatoms. The zero-order valence-corrected chi connectivity index (χ0v) is 11.2. The smallest absolute Gasteiger partial charge is 0.129 e. The van der Waals surface area contributed by atoms with Crippen LogP contribution >= 0.6 is 34.5 Å². The fourth-order valence-corrected chi connectivity index (χ4v) is 3.61. The number of rotatable bonds is 2. The van der Waals surface area contributed by atoms with Crippen LogP contribution in [0.5, 0.6) is 0 Å². The second-order valence-electron chi connectivity index (χ2n) is 4.03. The molecule has 0 aliphatic heterocycles. The van der Waals surface area contributed by atoms with Crippen LogP contribution in [0.25, 0.3) is 0 Å². The number of halogens is 2. The molecule has 0 radical (unpaired) electrons. The van der Waals surface area contributed by atoms with Crippen molar-refractivity contribution < 1.29 is 0 Å². The van der Waals surface area contributed by atoms with Gasteiger partial charge >= 0.3 is 0 Å². The van der Waals surface area contributed by atoms with E-state index in [1.807, 2.05) is 6.07 Å².